The molecular weight excluding hydrogens is 382 g/mol. The van der Waals surface area contributed by atoms with Gasteiger partial charge in [0.2, 0.25) is 12.6 Å². The van der Waals surface area contributed by atoms with Crippen LogP contribution in [0.15, 0.2) is 24.5 Å². The number of hydrogen-bond donors (Lipinski definition) is 2. The molecule has 3 aromatic rings. The molecule has 0 saturated heterocycles. The Morgan fingerprint density at radius 1 is 1.27 bits per heavy atom. The number of imidazole rings is 1. The first-order valence-corrected chi connectivity index (χ1v) is 9.99. The zero-order chi connectivity index (χ0) is 21.3. The fourth-order valence-electron chi connectivity index (χ4n) is 2.99. The van der Waals surface area contributed by atoms with Crippen LogP contribution in [-0.2, 0) is 6.54 Å². The van der Waals surface area contributed by atoms with Crippen molar-refractivity contribution in [3.8, 4) is 23.3 Å². The largest absolute Gasteiger partial charge is 0.454 e. The van der Waals surface area contributed by atoms with E-state index >= 15 is 0 Å². The van der Waals surface area contributed by atoms with Gasteiger partial charge in [0.25, 0.3) is 0 Å². The van der Waals surface area contributed by atoms with E-state index in [1.165, 1.54) is 0 Å². The lowest BCUT2D eigenvalue weighted by Gasteiger charge is -2.12. The average Bonchev–Trinajstić information content (AvgIpc) is 3.37. The van der Waals surface area contributed by atoms with Crippen molar-refractivity contribution in [1.29, 1.82) is 0 Å². The van der Waals surface area contributed by atoms with Gasteiger partial charge in [0, 0.05) is 12.6 Å². The van der Waals surface area contributed by atoms with Crippen LogP contribution in [0.2, 0.25) is 0 Å². The molecule has 0 saturated carbocycles. The molecular formula is C22H25N5O3. The highest BCUT2D eigenvalue weighted by molar-refractivity contribution is 5.83. The second-order valence-corrected chi connectivity index (χ2v) is 7.73. The van der Waals surface area contributed by atoms with Gasteiger partial charge in [-0.1, -0.05) is 18.9 Å². The van der Waals surface area contributed by atoms with Gasteiger partial charge in [-0.2, -0.15) is 0 Å². The van der Waals surface area contributed by atoms with Crippen LogP contribution in [0.1, 0.15) is 51.5 Å². The minimum absolute atomic E-state index is 0.186. The third-order valence-corrected chi connectivity index (χ3v) is 5.01. The van der Waals surface area contributed by atoms with Gasteiger partial charge in [-0.15, -0.1) is 0 Å². The van der Waals surface area contributed by atoms with Gasteiger partial charge < -0.3 is 24.5 Å². The third-order valence-electron chi connectivity index (χ3n) is 5.01. The lowest BCUT2D eigenvalue weighted by atomic mass is 10.1. The highest BCUT2D eigenvalue weighted by Gasteiger charge is 2.17. The molecule has 1 aliphatic heterocycles. The summed E-state index contributed by atoms with van der Waals surface area (Å²) in [7, 11) is 0. The molecule has 2 aromatic heterocycles. The molecule has 1 aromatic carbocycles. The Morgan fingerprint density at radius 2 is 2.07 bits per heavy atom. The van der Waals surface area contributed by atoms with Gasteiger partial charge in [0.1, 0.15) is 5.60 Å². The molecule has 8 heteroatoms. The van der Waals surface area contributed by atoms with Gasteiger partial charge in [-0.05, 0) is 50.8 Å². The van der Waals surface area contributed by atoms with Gasteiger partial charge >= 0.3 is 0 Å². The van der Waals surface area contributed by atoms with E-state index in [-0.39, 0.29) is 12.8 Å². The first kappa shape index (κ1) is 20.0. The van der Waals surface area contributed by atoms with E-state index in [9.17, 15) is 5.11 Å². The molecule has 156 valence electrons. The molecule has 0 unspecified atom stereocenters. The summed E-state index contributed by atoms with van der Waals surface area (Å²) in [6.07, 6.45) is 2.27. The minimum Gasteiger partial charge on any atom is -0.454 e. The molecule has 0 fully saturated rings. The smallest absolute Gasteiger partial charge is 0.231 e. The van der Waals surface area contributed by atoms with Gasteiger partial charge in [-0.3, -0.25) is 0 Å². The molecule has 0 amide bonds. The molecule has 3 heterocycles. The summed E-state index contributed by atoms with van der Waals surface area (Å²) >= 11 is 0. The summed E-state index contributed by atoms with van der Waals surface area (Å²) in [5.74, 6) is 8.19. The average molecular weight is 407 g/mol. The Balaban J connectivity index is 1.68. The number of hydrogen-bond acceptors (Lipinski definition) is 7. The van der Waals surface area contributed by atoms with Crippen LogP contribution in [-0.4, -0.2) is 37.0 Å². The predicted molar refractivity (Wildman–Crippen MR) is 113 cm³/mol. The van der Waals surface area contributed by atoms with Crippen molar-refractivity contribution >= 4 is 17.0 Å². The normalized spacial score (nSPS) is 14.5. The fourth-order valence-corrected chi connectivity index (χ4v) is 2.99. The molecule has 8 nitrogen and oxygen atoms in total. The zero-order valence-electron chi connectivity index (χ0n) is 17.6. The third kappa shape index (κ3) is 4.02. The number of aromatic nitrogens is 4. The molecule has 0 radical (unpaired) electrons. The highest BCUT2D eigenvalue weighted by Crippen LogP contribution is 2.32. The van der Waals surface area contributed by atoms with Crippen LogP contribution < -0.4 is 14.8 Å². The van der Waals surface area contributed by atoms with E-state index in [0.717, 1.165) is 17.1 Å². The first-order chi connectivity index (χ1) is 14.4. The van der Waals surface area contributed by atoms with Crippen molar-refractivity contribution in [2.24, 2.45) is 0 Å². The Labute approximate surface area is 175 Å². The van der Waals surface area contributed by atoms with Gasteiger partial charge in [-0.25, -0.2) is 15.0 Å². The Hall–Kier alpha value is -3.31. The number of nitrogens with zero attached hydrogens (tertiary/aromatic N) is 4. The van der Waals surface area contributed by atoms with Gasteiger partial charge in [0.15, 0.2) is 28.5 Å². The molecule has 0 aliphatic carbocycles. The zero-order valence-corrected chi connectivity index (χ0v) is 17.6. The Bertz CT molecular complexity index is 1140. The molecule has 0 spiro atoms. The standard InChI is InChI=1S/C22H25N5O3/c1-5-22(4,28)9-8-18-25-20(19-21(26-18)27(12-24-19)14(2)3)23-11-15-6-7-16-17(10-15)30-13-29-16/h6-7,10,12,14,28H,5,11,13H2,1-4H3,(H,23,25,26)/t22-/m0/s1. The number of benzene rings is 1. The lowest BCUT2D eigenvalue weighted by Crippen LogP contribution is -2.19. The summed E-state index contributed by atoms with van der Waals surface area (Å²) in [5.41, 5.74) is 1.32. The van der Waals surface area contributed by atoms with Crippen LogP contribution in [0.3, 0.4) is 0 Å². The van der Waals surface area contributed by atoms with Crippen LogP contribution in [0.25, 0.3) is 11.2 Å². The maximum Gasteiger partial charge on any atom is 0.231 e. The Morgan fingerprint density at radius 3 is 2.83 bits per heavy atom. The lowest BCUT2D eigenvalue weighted by molar-refractivity contribution is 0.118. The van der Waals surface area contributed by atoms with Crippen molar-refractivity contribution in [2.45, 2.75) is 52.3 Å². The second-order valence-electron chi connectivity index (χ2n) is 7.73. The van der Waals surface area contributed by atoms with E-state index in [1.807, 2.05) is 29.7 Å². The van der Waals surface area contributed by atoms with Crippen LogP contribution >= 0.6 is 0 Å². The molecule has 1 aliphatic rings. The first-order valence-electron chi connectivity index (χ1n) is 9.99. The maximum absolute atomic E-state index is 10.2. The maximum atomic E-state index is 10.2. The van der Waals surface area contributed by atoms with Crippen LogP contribution in [0, 0.1) is 11.8 Å². The number of nitrogens with one attached hydrogen (secondary N) is 1. The van der Waals surface area contributed by atoms with E-state index in [0.29, 0.717) is 35.8 Å². The number of aliphatic hydroxyl groups is 1. The topological polar surface area (TPSA) is 94.3 Å². The summed E-state index contributed by atoms with van der Waals surface area (Å²) < 4.78 is 12.8. The summed E-state index contributed by atoms with van der Waals surface area (Å²) in [4.78, 5) is 13.7. The number of fused-ring (bicyclic) bond motifs is 2. The number of rotatable bonds is 5. The summed E-state index contributed by atoms with van der Waals surface area (Å²) in [6.45, 7) is 8.46. The molecule has 30 heavy (non-hydrogen) atoms. The number of ether oxygens (including phenoxy) is 2. The summed E-state index contributed by atoms with van der Waals surface area (Å²) in [5, 5.41) is 13.6. The molecule has 2 N–H and O–H groups in total. The summed E-state index contributed by atoms with van der Waals surface area (Å²) in [6, 6.07) is 6.00. The Kier molecular flexibility index (Phi) is 5.22. The van der Waals surface area contributed by atoms with E-state index in [1.54, 1.807) is 13.3 Å². The quantitative estimate of drug-likeness (QED) is 0.627. The molecule has 4 rings (SSSR count). The van der Waals surface area contributed by atoms with E-state index < -0.39 is 5.60 Å². The van der Waals surface area contributed by atoms with Crippen molar-refractivity contribution < 1.29 is 14.6 Å². The minimum atomic E-state index is -1.09. The second kappa shape index (κ2) is 7.84. The van der Waals surface area contributed by atoms with Crippen LogP contribution in [0.5, 0.6) is 11.5 Å². The van der Waals surface area contributed by atoms with Gasteiger partial charge in [0.05, 0.1) is 6.33 Å². The van der Waals surface area contributed by atoms with Crippen molar-refractivity contribution in [3.05, 3.63) is 35.9 Å². The SMILES string of the molecule is CC[C@](C)(O)C#Cc1nc(NCc2ccc3c(c2)OCO3)c2ncn(C(C)C)c2n1. The highest BCUT2D eigenvalue weighted by atomic mass is 16.7. The number of anilines is 1. The predicted octanol–water partition coefficient (Wildman–Crippen LogP) is 3.26. The van der Waals surface area contributed by atoms with Crippen molar-refractivity contribution in [3.63, 3.8) is 0 Å². The van der Waals surface area contributed by atoms with Crippen LogP contribution in [0.4, 0.5) is 5.82 Å². The fraction of sp³-hybridized carbons (Fsp3) is 0.409. The van der Waals surface area contributed by atoms with E-state index in [4.69, 9.17) is 9.47 Å². The molecule has 0 bridgehead atoms. The van der Waals surface area contributed by atoms with Crippen molar-refractivity contribution in [1.82, 2.24) is 19.5 Å². The molecule has 1 atom stereocenters. The monoisotopic (exact) mass is 407 g/mol. The van der Waals surface area contributed by atoms with E-state index in [2.05, 4.69) is 46.0 Å². The van der Waals surface area contributed by atoms with Crippen molar-refractivity contribution in [2.75, 3.05) is 12.1 Å².